The molecule has 0 aliphatic carbocycles. The van der Waals surface area contributed by atoms with Crippen LogP contribution in [-0.4, -0.2) is 56.6 Å². The Morgan fingerprint density at radius 2 is 0.514 bits per heavy atom. The molecule has 0 radical (unpaired) electrons. The van der Waals surface area contributed by atoms with Crippen LogP contribution in [0.4, 0.5) is 0 Å². The molecule has 0 unspecified atom stereocenters. The van der Waals surface area contributed by atoms with Gasteiger partial charge in [0.05, 0.1) is 66.5 Å². The van der Waals surface area contributed by atoms with Gasteiger partial charge in [-0.15, -0.1) is 0 Å². The SMILES string of the molecule is CC(C)(C)c1cc2c3cc(B4OC(C)(C)C(C)(C)O4)cc(n3)c3cc(C(C)(C)C)cc4c5cc(C(C)(C)C)cc(c6cc(B7OC(C)(C)C(C)(C)O7)cc(n6)c6cc(C(C)(C)C)cc7c(c1)c2[nH]c67)c5[nH]c34. The number of aromatic nitrogens is 4. The van der Waals surface area contributed by atoms with E-state index in [1.54, 1.807) is 0 Å². The highest BCUT2D eigenvalue weighted by Crippen LogP contribution is 2.44. The van der Waals surface area contributed by atoms with E-state index in [2.05, 4.69) is 221 Å². The van der Waals surface area contributed by atoms with E-state index in [-0.39, 0.29) is 21.7 Å². The number of nitrogens with zero attached hydrogens (tertiary/aromatic N) is 2. The van der Waals surface area contributed by atoms with E-state index in [4.69, 9.17) is 28.6 Å². The summed E-state index contributed by atoms with van der Waals surface area (Å²) in [5, 5.41) is 8.62. The van der Waals surface area contributed by atoms with E-state index < -0.39 is 36.6 Å². The number of aromatic amines is 2. The number of fused-ring (bicyclic) bond motifs is 10. The minimum atomic E-state index is -0.620. The predicted molar refractivity (Wildman–Crippen MR) is 306 cm³/mol. The zero-order valence-electron chi connectivity index (χ0n) is 46.6. The van der Waals surface area contributed by atoms with E-state index in [0.29, 0.717) is 0 Å². The van der Waals surface area contributed by atoms with Crippen molar-refractivity contribution >= 4 is 112 Å². The number of hydrogen-bond acceptors (Lipinski definition) is 6. The van der Waals surface area contributed by atoms with Crippen LogP contribution in [0.2, 0.25) is 0 Å². The largest absolute Gasteiger partial charge is 0.494 e. The molecule has 9 aromatic rings. The van der Waals surface area contributed by atoms with Crippen LogP contribution in [0, 0.1) is 0 Å². The van der Waals surface area contributed by atoms with Crippen molar-refractivity contribution in [2.24, 2.45) is 0 Å². The Bertz CT molecular complexity index is 3340. The van der Waals surface area contributed by atoms with Crippen molar-refractivity contribution in [1.29, 1.82) is 0 Å². The lowest BCUT2D eigenvalue weighted by Gasteiger charge is -2.32. The van der Waals surface area contributed by atoms with Crippen LogP contribution in [0.3, 0.4) is 0 Å². The lowest BCUT2D eigenvalue weighted by atomic mass is 9.78. The zero-order valence-corrected chi connectivity index (χ0v) is 46.6. The number of nitrogens with one attached hydrogen (secondary N) is 2. The fourth-order valence-electron chi connectivity index (χ4n) is 10.6. The van der Waals surface area contributed by atoms with Gasteiger partial charge in [-0.25, -0.2) is 9.97 Å². The van der Waals surface area contributed by atoms with Gasteiger partial charge in [-0.3, -0.25) is 0 Å². The van der Waals surface area contributed by atoms with Gasteiger partial charge >= 0.3 is 14.2 Å². The van der Waals surface area contributed by atoms with Gasteiger partial charge in [0.2, 0.25) is 0 Å². The fraction of sp³-hybridized carbons (Fsp3) is 0.452. The molecule has 372 valence electrons. The highest BCUT2D eigenvalue weighted by atomic mass is 16.7. The summed E-state index contributed by atoms with van der Waals surface area (Å²) in [5.41, 5.74) is 11.2. The molecule has 2 saturated heterocycles. The van der Waals surface area contributed by atoms with Crippen LogP contribution in [-0.2, 0) is 40.3 Å². The Morgan fingerprint density at radius 1 is 0.319 bits per heavy atom. The molecule has 4 aromatic carbocycles. The van der Waals surface area contributed by atoms with Crippen LogP contribution >= 0.6 is 0 Å². The summed E-state index contributed by atoms with van der Waals surface area (Å²) in [6.45, 7) is 44.5. The smallest absolute Gasteiger partial charge is 0.399 e. The summed E-state index contributed by atoms with van der Waals surface area (Å²) in [6.07, 6.45) is 0. The van der Waals surface area contributed by atoms with Gasteiger partial charge in [-0.1, -0.05) is 83.1 Å². The van der Waals surface area contributed by atoms with Crippen molar-refractivity contribution in [3.05, 3.63) is 95.1 Å². The third-order valence-corrected chi connectivity index (χ3v) is 16.9. The third-order valence-electron chi connectivity index (χ3n) is 16.9. The lowest BCUT2D eigenvalue weighted by molar-refractivity contribution is 0.00578. The first-order valence-electron chi connectivity index (χ1n) is 26.2. The Morgan fingerprint density at radius 3 is 0.708 bits per heavy atom. The molecule has 5 aromatic heterocycles. The molecule has 2 fully saturated rings. The maximum atomic E-state index is 6.90. The number of pyridine rings is 2. The van der Waals surface area contributed by atoms with Gasteiger partial charge in [-0.05, 0) is 183 Å². The second kappa shape index (κ2) is 15.2. The number of benzene rings is 4. The van der Waals surface area contributed by atoms with E-state index in [0.717, 1.165) is 98.1 Å². The molecule has 0 spiro atoms. The van der Waals surface area contributed by atoms with Crippen molar-refractivity contribution < 1.29 is 18.6 Å². The fourth-order valence-corrected chi connectivity index (χ4v) is 10.6. The van der Waals surface area contributed by atoms with E-state index in [1.165, 1.54) is 22.3 Å². The average Bonchev–Trinajstić information content (AvgIpc) is 3.95. The van der Waals surface area contributed by atoms with Crippen LogP contribution in [0.15, 0.2) is 72.8 Å². The average molecular weight is 961 g/mol. The van der Waals surface area contributed by atoms with Gasteiger partial charge in [-0.2, -0.15) is 0 Å². The molecule has 10 heteroatoms. The molecule has 2 aliphatic heterocycles. The third kappa shape index (κ3) is 7.71. The summed E-state index contributed by atoms with van der Waals surface area (Å²) in [5.74, 6) is 0. The first-order chi connectivity index (χ1) is 33.1. The summed E-state index contributed by atoms with van der Waals surface area (Å²) in [6, 6.07) is 27.8. The molecule has 11 rings (SSSR count). The molecule has 8 bridgehead atoms. The quantitative estimate of drug-likeness (QED) is 0.168. The molecule has 72 heavy (non-hydrogen) atoms. The molecule has 7 heterocycles. The summed E-state index contributed by atoms with van der Waals surface area (Å²) in [7, 11) is -1.24. The van der Waals surface area contributed by atoms with Gasteiger partial charge in [0, 0.05) is 43.1 Å². The van der Waals surface area contributed by atoms with Crippen molar-refractivity contribution in [3.63, 3.8) is 0 Å². The Hall–Kier alpha value is -5.25. The highest BCUT2D eigenvalue weighted by molar-refractivity contribution is 6.63. The van der Waals surface area contributed by atoms with Crippen molar-refractivity contribution in [3.8, 4) is 0 Å². The molecule has 2 aliphatic rings. The van der Waals surface area contributed by atoms with E-state index in [9.17, 15) is 0 Å². The standard InChI is InChI=1S/C62H74B2N4O4/c1-55(2,3)33-21-39-40-22-34(56(4,5)6)26-44-49-31-38(64-71-61(17,18)62(19,20)72-64)32-50(66-49)46-28-36(58(10,11)12)24-42-41-23-35(57(7,8)9)27-45(53(41)68-54(42)46)48-30-37(63-69-59(13,14)60(15,16)70-63)29-47(65-48)43(25-33)51(39)67-52(40)44/h21-32,67-68H,1-20H3. The number of hydrogen-bond donors (Lipinski definition) is 2. The molecular formula is C62H74B2N4O4. The molecule has 0 atom stereocenters. The first kappa shape index (κ1) is 49.0. The molecule has 0 saturated carbocycles. The Labute approximate surface area is 426 Å². The number of H-pyrrole nitrogens is 2. The Balaban J connectivity index is 1.45. The summed E-state index contributed by atoms with van der Waals surface area (Å²) in [4.78, 5) is 19.8. The van der Waals surface area contributed by atoms with Gasteiger partial charge in [0.25, 0.3) is 0 Å². The van der Waals surface area contributed by atoms with Crippen LogP contribution < -0.4 is 10.9 Å². The highest BCUT2D eigenvalue weighted by Gasteiger charge is 2.53. The van der Waals surface area contributed by atoms with Gasteiger partial charge in [0.15, 0.2) is 0 Å². The number of rotatable bonds is 2. The van der Waals surface area contributed by atoms with Crippen LogP contribution in [0.5, 0.6) is 0 Å². The minimum absolute atomic E-state index is 0.185. The van der Waals surface area contributed by atoms with Gasteiger partial charge < -0.3 is 28.6 Å². The lowest BCUT2D eigenvalue weighted by Crippen LogP contribution is -2.41. The summed E-state index contributed by atoms with van der Waals surface area (Å²) >= 11 is 0. The summed E-state index contributed by atoms with van der Waals surface area (Å²) < 4.78 is 27.6. The predicted octanol–water partition coefficient (Wildman–Crippen LogP) is 14.7. The van der Waals surface area contributed by atoms with E-state index in [1.807, 2.05) is 0 Å². The Kier molecular flexibility index (Phi) is 10.3. The molecule has 8 nitrogen and oxygen atoms in total. The topological polar surface area (TPSA) is 94.3 Å². The van der Waals surface area contributed by atoms with Crippen LogP contribution in [0.1, 0.15) is 161 Å². The second-order valence-electron chi connectivity index (χ2n) is 27.6. The molecule has 2 N–H and O–H groups in total. The van der Waals surface area contributed by atoms with Gasteiger partial charge in [0.1, 0.15) is 0 Å². The van der Waals surface area contributed by atoms with Crippen molar-refractivity contribution in [2.45, 2.75) is 183 Å². The molecule has 0 amide bonds. The second-order valence-corrected chi connectivity index (χ2v) is 27.6. The van der Waals surface area contributed by atoms with Crippen molar-refractivity contribution in [2.75, 3.05) is 0 Å². The minimum Gasteiger partial charge on any atom is -0.399 e. The van der Waals surface area contributed by atoms with E-state index >= 15 is 0 Å². The van der Waals surface area contributed by atoms with Crippen LogP contribution in [0.25, 0.3) is 87.2 Å². The monoisotopic (exact) mass is 961 g/mol. The normalized spacial score (nSPS) is 18.4. The molecular weight excluding hydrogens is 886 g/mol. The maximum absolute atomic E-state index is 6.90. The van der Waals surface area contributed by atoms with Crippen molar-refractivity contribution in [1.82, 2.24) is 19.9 Å². The zero-order chi connectivity index (χ0) is 52.0. The first-order valence-corrected chi connectivity index (χ1v) is 26.2. The maximum Gasteiger partial charge on any atom is 0.494 e.